The van der Waals surface area contributed by atoms with Gasteiger partial charge in [0.25, 0.3) is 11.8 Å². The highest BCUT2D eigenvalue weighted by Gasteiger charge is 2.40. The van der Waals surface area contributed by atoms with Gasteiger partial charge >= 0.3 is 0 Å². The van der Waals surface area contributed by atoms with Crippen LogP contribution in [0.4, 0.5) is 5.69 Å². The molecule has 8 aromatic rings. The normalized spacial score (nSPS) is 12.6. The number of aromatic nitrogens is 1. The summed E-state index contributed by atoms with van der Waals surface area (Å²) in [5.41, 5.74) is 12.5. The minimum atomic E-state index is -0.333. The summed E-state index contributed by atoms with van der Waals surface area (Å²) in [5, 5.41) is 2.17. The molecular formula is C46H32N2O2. The third kappa shape index (κ3) is 4.61. The molecule has 1 aromatic heterocycles. The predicted molar refractivity (Wildman–Crippen MR) is 204 cm³/mol. The van der Waals surface area contributed by atoms with Crippen LogP contribution in [0.1, 0.15) is 31.8 Å². The molecule has 0 atom stereocenters. The standard InChI is InChI=1S/C46H32N2O2/c1-29-20-23-35(30(2)26-29)34-22-25-41-39(27-34)37-16-9-10-18-40(37)47(41)42-19-11-17-38-44(42)46(50)48(45(38)49)43-28-33(31-12-5-3-6-13-31)21-24-36(43)32-14-7-4-8-15-32/h3-28H,1-2H3. The summed E-state index contributed by atoms with van der Waals surface area (Å²) >= 11 is 0. The molecular weight excluding hydrogens is 613 g/mol. The van der Waals surface area contributed by atoms with E-state index in [1.54, 1.807) is 6.07 Å². The fourth-order valence-electron chi connectivity index (χ4n) is 7.60. The molecule has 1 aliphatic heterocycles. The number of benzene rings is 7. The van der Waals surface area contributed by atoms with Crippen LogP contribution >= 0.6 is 0 Å². The Morgan fingerprint density at radius 3 is 1.88 bits per heavy atom. The van der Waals surface area contributed by atoms with Crippen LogP contribution in [0.5, 0.6) is 0 Å². The van der Waals surface area contributed by atoms with Gasteiger partial charge in [-0.15, -0.1) is 0 Å². The van der Waals surface area contributed by atoms with Gasteiger partial charge in [-0.25, -0.2) is 4.90 Å². The van der Waals surface area contributed by atoms with Crippen LogP contribution in [0, 0.1) is 13.8 Å². The smallest absolute Gasteiger partial charge is 0.268 e. The number of para-hydroxylation sites is 1. The summed E-state index contributed by atoms with van der Waals surface area (Å²) in [6.45, 7) is 4.26. The average Bonchev–Trinajstić information content (AvgIpc) is 3.62. The van der Waals surface area contributed by atoms with E-state index in [0.29, 0.717) is 22.5 Å². The van der Waals surface area contributed by atoms with E-state index < -0.39 is 0 Å². The van der Waals surface area contributed by atoms with E-state index in [-0.39, 0.29) is 11.8 Å². The zero-order valence-corrected chi connectivity index (χ0v) is 27.7. The van der Waals surface area contributed by atoms with Gasteiger partial charge in [-0.1, -0.05) is 127 Å². The molecule has 0 bridgehead atoms. The zero-order valence-electron chi connectivity index (χ0n) is 27.7. The van der Waals surface area contributed by atoms with E-state index in [9.17, 15) is 9.59 Å². The lowest BCUT2D eigenvalue weighted by Gasteiger charge is -2.20. The van der Waals surface area contributed by atoms with Crippen LogP contribution in [-0.4, -0.2) is 16.4 Å². The number of amides is 2. The molecule has 238 valence electrons. The zero-order chi connectivity index (χ0) is 33.9. The maximum Gasteiger partial charge on any atom is 0.268 e. The van der Waals surface area contributed by atoms with Crippen LogP contribution in [0.25, 0.3) is 60.9 Å². The monoisotopic (exact) mass is 644 g/mol. The minimum Gasteiger partial charge on any atom is -0.308 e. The van der Waals surface area contributed by atoms with Crippen LogP contribution in [0.3, 0.4) is 0 Å². The first-order chi connectivity index (χ1) is 24.5. The van der Waals surface area contributed by atoms with Crippen LogP contribution in [0.2, 0.25) is 0 Å². The van der Waals surface area contributed by atoms with Gasteiger partial charge in [0.15, 0.2) is 0 Å². The maximum absolute atomic E-state index is 14.8. The summed E-state index contributed by atoms with van der Waals surface area (Å²) in [7, 11) is 0. The second-order valence-electron chi connectivity index (χ2n) is 13.0. The average molecular weight is 645 g/mol. The van der Waals surface area contributed by atoms with E-state index in [4.69, 9.17) is 0 Å². The molecule has 0 fully saturated rings. The van der Waals surface area contributed by atoms with Gasteiger partial charge in [-0.3, -0.25) is 9.59 Å². The molecule has 0 spiro atoms. The van der Waals surface area contributed by atoms with Crippen LogP contribution < -0.4 is 4.90 Å². The lowest BCUT2D eigenvalue weighted by Crippen LogP contribution is -2.30. The van der Waals surface area contributed by atoms with Gasteiger partial charge in [-0.05, 0) is 83.6 Å². The second-order valence-corrected chi connectivity index (χ2v) is 13.0. The molecule has 4 nitrogen and oxygen atoms in total. The fraction of sp³-hybridized carbons (Fsp3) is 0.0435. The lowest BCUT2D eigenvalue weighted by molar-refractivity contribution is 0.0926. The molecule has 9 rings (SSSR count). The SMILES string of the molecule is Cc1ccc(-c2ccc3c(c2)c2ccccc2n3-c2cccc3c2C(=O)N(c2cc(-c4ccccc4)ccc2-c2ccccc2)C3=O)c(C)c1. The summed E-state index contributed by atoms with van der Waals surface area (Å²) in [4.78, 5) is 30.6. The van der Waals surface area contributed by atoms with Crippen molar-refractivity contribution in [1.29, 1.82) is 0 Å². The first-order valence-corrected chi connectivity index (χ1v) is 16.9. The van der Waals surface area contributed by atoms with Crippen LogP contribution in [-0.2, 0) is 0 Å². The number of anilines is 1. The van der Waals surface area contributed by atoms with Gasteiger partial charge in [0.05, 0.1) is 33.5 Å². The molecule has 0 N–H and O–H groups in total. The van der Waals surface area contributed by atoms with Crippen molar-refractivity contribution in [1.82, 2.24) is 4.57 Å². The topological polar surface area (TPSA) is 42.3 Å². The van der Waals surface area contributed by atoms with Crippen molar-refractivity contribution >= 4 is 39.3 Å². The number of aryl methyl sites for hydroxylation is 2. The van der Waals surface area contributed by atoms with Gasteiger partial charge in [0.1, 0.15) is 0 Å². The number of rotatable bonds is 5. The maximum atomic E-state index is 14.8. The summed E-state index contributed by atoms with van der Waals surface area (Å²) in [6, 6.07) is 53.0. The number of nitrogens with zero attached hydrogens (tertiary/aromatic N) is 2. The number of carbonyl (C=O) groups excluding carboxylic acids is 2. The highest BCUT2D eigenvalue weighted by Crippen LogP contribution is 2.42. The van der Waals surface area contributed by atoms with Crippen molar-refractivity contribution in [3.63, 3.8) is 0 Å². The number of imide groups is 1. The molecule has 0 saturated carbocycles. The van der Waals surface area contributed by atoms with Crippen molar-refractivity contribution in [2.45, 2.75) is 13.8 Å². The molecule has 4 heteroatoms. The lowest BCUT2D eigenvalue weighted by atomic mass is 9.97. The first-order valence-electron chi connectivity index (χ1n) is 16.9. The Morgan fingerprint density at radius 1 is 0.420 bits per heavy atom. The van der Waals surface area contributed by atoms with E-state index in [1.807, 2.05) is 97.1 Å². The molecule has 0 aliphatic carbocycles. The number of carbonyl (C=O) groups is 2. The Morgan fingerprint density at radius 2 is 1.10 bits per heavy atom. The van der Waals surface area contributed by atoms with Crippen molar-refractivity contribution in [3.05, 3.63) is 180 Å². The Labute approximate surface area is 290 Å². The molecule has 1 aliphatic rings. The Balaban J connectivity index is 1.23. The second kappa shape index (κ2) is 11.6. The Kier molecular flexibility index (Phi) is 6.85. The minimum absolute atomic E-state index is 0.327. The number of fused-ring (bicyclic) bond motifs is 4. The highest BCUT2D eigenvalue weighted by molar-refractivity contribution is 6.36. The first kappa shape index (κ1) is 29.6. The quantitative estimate of drug-likeness (QED) is 0.175. The molecule has 0 unspecified atom stereocenters. The van der Waals surface area contributed by atoms with Crippen molar-refractivity contribution in [2.75, 3.05) is 4.90 Å². The van der Waals surface area contributed by atoms with Crippen molar-refractivity contribution in [3.8, 4) is 39.1 Å². The predicted octanol–water partition coefficient (Wildman–Crippen LogP) is 11.2. The van der Waals surface area contributed by atoms with Crippen LogP contribution in [0.15, 0.2) is 158 Å². The van der Waals surface area contributed by atoms with Gasteiger partial charge in [0.2, 0.25) is 0 Å². The van der Waals surface area contributed by atoms with E-state index in [0.717, 1.165) is 49.6 Å². The van der Waals surface area contributed by atoms with E-state index in [2.05, 4.69) is 73.0 Å². The number of hydrogen-bond acceptors (Lipinski definition) is 2. The van der Waals surface area contributed by atoms with E-state index >= 15 is 0 Å². The van der Waals surface area contributed by atoms with Crippen molar-refractivity contribution < 1.29 is 9.59 Å². The molecule has 2 heterocycles. The van der Waals surface area contributed by atoms with Crippen molar-refractivity contribution in [2.24, 2.45) is 0 Å². The summed E-state index contributed by atoms with van der Waals surface area (Å²) < 4.78 is 2.14. The van der Waals surface area contributed by atoms with Gasteiger partial charge < -0.3 is 4.57 Å². The van der Waals surface area contributed by atoms with Gasteiger partial charge in [0, 0.05) is 16.3 Å². The summed E-state index contributed by atoms with van der Waals surface area (Å²) in [5.74, 6) is -0.659. The Hall–Kier alpha value is -6.52. The third-order valence-electron chi connectivity index (χ3n) is 9.93. The molecule has 0 radical (unpaired) electrons. The fourth-order valence-corrected chi connectivity index (χ4v) is 7.60. The molecule has 0 saturated heterocycles. The highest BCUT2D eigenvalue weighted by atomic mass is 16.2. The summed E-state index contributed by atoms with van der Waals surface area (Å²) in [6.07, 6.45) is 0. The van der Waals surface area contributed by atoms with E-state index in [1.165, 1.54) is 21.6 Å². The third-order valence-corrected chi connectivity index (χ3v) is 9.93. The van der Waals surface area contributed by atoms with Gasteiger partial charge in [-0.2, -0.15) is 0 Å². The number of hydrogen-bond donors (Lipinski definition) is 0. The molecule has 2 amide bonds. The molecule has 50 heavy (non-hydrogen) atoms. The molecule has 7 aromatic carbocycles. The largest absolute Gasteiger partial charge is 0.308 e. The Bertz CT molecular complexity index is 2650.